The van der Waals surface area contributed by atoms with Gasteiger partial charge in [0.25, 0.3) is 0 Å². The molecule has 0 amide bonds. The Bertz CT molecular complexity index is 667. The molecule has 21 heavy (non-hydrogen) atoms. The Balaban J connectivity index is 2.60. The molecule has 0 aromatic heterocycles. The van der Waals surface area contributed by atoms with Crippen molar-refractivity contribution in [2.75, 3.05) is 7.11 Å². The van der Waals surface area contributed by atoms with Crippen molar-refractivity contribution in [1.29, 1.82) is 0 Å². The van der Waals surface area contributed by atoms with Crippen molar-refractivity contribution < 1.29 is 17.9 Å². The molecule has 0 aliphatic carbocycles. The lowest BCUT2D eigenvalue weighted by Gasteiger charge is -2.21. The molecular weight excluding hydrogens is 349 g/mol. The normalized spacial score (nSPS) is 12.3. The quantitative estimate of drug-likeness (QED) is 0.498. The monoisotopic (exact) mass is 360 g/mol. The second kappa shape index (κ2) is 6.46. The summed E-state index contributed by atoms with van der Waals surface area (Å²) in [4.78, 5) is 0. The van der Waals surface area contributed by atoms with Gasteiger partial charge in [0, 0.05) is 5.56 Å². The van der Waals surface area contributed by atoms with E-state index in [-0.39, 0.29) is 4.47 Å². The molecule has 2 aromatic rings. The van der Waals surface area contributed by atoms with Crippen LogP contribution in [-0.4, -0.2) is 7.11 Å². The van der Waals surface area contributed by atoms with E-state index >= 15 is 0 Å². The van der Waals surface area contributed by atoms with Crippen molar-refractivity contribution in [2.45, 2.75) is 6.04 Å². The molecule has 2 aromatic carbocycles. The summed E-state index contributed by atoms with van der Waals surface area (Å²) in [6.07, 6.45) is 0. The van der Waals surface area contributed by atoms with Gasteiger partial charge in [0.1, 0.15) is 11.6 Å². The van der Waals surface area contributed by atoms with E-state index in [4.69, 9.17) is 10.6 Å². The number of ether oxygens (including phenoxy) is 1. The molecule has 0 aliphatic rings. The van der Waals surface area contributed by atoms with Gasteiger partial charge in [0.05, 0.1) is 17.6 Å². The zero-order chi connectivity index (χ0) is 15.6. The predicted molar refractivity (Wildman–Crippen MR) is 76.2 cm³/mol. The molecule has 0 aliphatic heterocycles. The molecule has 0 bridgehead atoms. The van der Waals surface area contributed by atoms with Gasteiger partial charge in [-0.15, -0.1) is 0 Å². The zero-order valence-corrected chi connectivity index (χ0v) is 12.5. The minimum Gasteiger partial charge on any atom is -0.496 e. The van der Waals surface area contributed by atoms with Crippen LogP contribution in [0.4, 0.5) is 13.2 Å². The molecule has 0 fully saturated rings. The average Bonchev–Trinajstić information content (AvgIpc) is 2.48. The fraction of sp³-hybridized carbons (Fsp3) is 0.143. The lowest BCUT2D eigenvalue weighted by molar-refractivity contribution is 0.402. The Kier molecular flexibility index (Phi) is 4.87. The molecule has 0 saturated heterocycles. The van der Waals surface area contributed by atoms with E-state index in [1.807, 2.05) is 0 Å². The number of halogens is 4. The van der Waals surface area contributed by atoms with Crippen molar-refractivity contribution >= 4 is 15.9 Å². The number of hydrogen-bond acceptors (Lipinski definition) is 3. The summed E-state index contributed by atoms with van der Waals surface area (Å²) in [6, 6.07) is 5.44. The minimum absolute atomic E-state index is 0.0863. The first kappa shape index (κ1) is 15.8. The van der Waals surface area contributed by atoms with E-state index in [9.17, 15) is 13.2 Å². The minimum atomic E-state index is -1.04. The smallest absolute Gasteiger partial charge is 0.173 e. The van der Waals surface area contributed by atoms with Crippen LogP contribution in [0.2, 0.25) is 0 Å². The van der Waals surface area contributed by atoms with Crippen LogP contribution in [0.1, 0.15) is 17.2 Å². The predicted octanol–water partition coefficient (Wildman–Crippen LogP) is 3.43. The molecule has 3 nitrogen and oxygen atoms in total. The number of rotatable bonds is 4. The van der Waals surface area contributed by atoms with Crippen molar-refractivity contribution in [2.24, 2.45) is 5.84 Å². The maximum absolute atomic E-state index is 13.7. The van der Waals surface area contributed by atoms with Crippen molar-refractivity contribution in [3.05, 3.63) is 63.4 Å². The van der Waals surface area contributed by atoms with Crippen LogP contribution in [0, 0.1) is 17.5 Å². The number of nitrogens with one attached hydrogen (secondary N) is 1. The van der Waals surface area contributed by atoms with Crippen molar-refractivity contribution in [3.63, 3.8) is 0 Å². The van der Waals surface area contributed by atoms with Gasteiger partial charge in [0.15, 0.2) is 11.6 Å². The summed E-state index contributed by atoms with van der Waals surface area (Å²) in [5.74, 6) is 3.35. The second-order valence-corrected chi connectivity index (χ2v) is 5.04. The van der Waals surface area contributed by atoms with Gasteiger partial charge in [-0.05, 0) is 45.8 Å². The maximum Gasteiger partial charge on any atom is 0.173 e. The topological polar surface area (TPSA) is 47.3 Å². The average molecular weight is 361 g/mol. The van der Waals surface area contributed by atoms with E-state index < -0.39 is 23.5 Å². The lowest BCUT2D eigenvalue weighted by atomic mass is 9.98. The Morgan fingerprint density at radius 2 is 1.86 bits per heavy atom. The van der Waals surface area contributed by atoms with Crippen molar-refractivity contribution in [3.8, 4) is 5.75 Å². The van der Waals surface area contributed by atoms with Gasteiger partial charge in [-0.1, -0.05) is 6.07 Å². The van der Waals surface area contributed by atoms with Crippen LogP contribution in [0.15, 0.2) is 34.8 Å². The SMILES string of the molecule is COc1ccc(F)cc1C(NN)c1ccc(F)c(F)c1Br. The molecular formula is C14H12BrF3N2O. The maximum atomic E-state index is 13.7. The highest BCUT2D eigenvalue weighted by Gasteiger charge is 2.23. The standard InChI is InChI=1S/C14H12BrF3N2O/c1-21-11-5-2-7(16)6-9(11)14(20-19)8-3-4-10(17)13(18)12(8)15/h2-6,14,20H,19H2,1H3. The fourth-order valence-corrected chi connectivity index (χ4v) is 2.59. The van der Waals surface area contributed by atoms with Crippen LogP contribution >= 0.6 is 15.9 Å². The van der Waals surface area contributed by atoms with Crippen LogP contribution in [0.3, 0.4) is 0 Å². The van der Waals surface area contributed by atoms with Gasteiger partial charge in [-0.25, -0.2) is 18.6 Å². The first-order valence-electron chi connectivity index (χ1n) is 5.92. The number of hydrazine groups is 1. The number of hydrogen-bond donors (Lipinski definition) is 2. The molecule has 1 atom stereocenters. The fourth-order valence-electron chi connectivity index (χ4n) is 2.04. The molecule has 1 unspecified atom stereocenters. The summed E-state index contributed by atoms with van der Waals surface area (Å²) < 4.78 is 45.4. The molecule has 2 rings (SSSR count). The third kappa shape index (κ3) is 3.04. The number of nitrogens with two attached hydrogens (primary N) is 1. The van der Waals surface area contributed by atoms with Gasteiger partial charge >= 0.3 is 0 Å². The van der Waals surface area contributed by atoms with Crippen molar-refractivity contribution in [1.82, 2.24) is 5.43 Å². The van der Waals surface area contributed by atoms with E-state index in [0.29, 0.717) is 16.9 Å². The van der Waals surface area contributed by atoms with Crippen LogP contribution < -0.4 is 16.0 Å². The Labute approximate surface area is 128 Å². The second-order valence-electron chi connectivity index (χ2n) is 4.25. The number of methoxy groups -OCH3 is 1. The Morgan fingerprint density at radius 3 is 2.48 bits per heavy atom. The highest BCUT2D eigenvalue weighted by molar-refractivity contribution is 9.10. The lowest BCUT2D eigenvalue weighted by Crippen LogP contribution is -2.29. The largest absolute Gasteiger partial charge is 0.496 e. The Hall–Kier alpha value is -1.57. The molecule has 112 valence electrons. The molecule has 0 saturated carbocycles. The summed E-state index contributed by atoms with van der Waals surface area (Å²) in [7, 11) is 1.42. The van der Waals surface area contributed by atoms with Gasteiger partial charge in [-0.2, -0.15) is 0 Å². The molecule has 0 heterocycles. The van der Waals surface area contributed by atoms with Gasteiger partial charge < -0.3 is 4.74 Å². The summed E-state index contributed by atoms with van der Waals surface area (Å²) >= 11 is 2.99. The van der Waals surface area contributed by atoms with Crippen LogP contribution in [-0.2, 0) is 0 Å². The highest BCUT2D eigenvalue weighted by Crippen LogP contribution is 2.35. The first-order chi connectivity index (χ1) is 9.99. The summed E-state index contributed by atoms with van der Waals surface area (Å²) in [6.45, 7) is 0. The Morgan fingerprint density at radius 1 is 1.14 bits per heavy atom. The van der Waals surface area contributed by atoms with Gasteiger partial charge in [0.2, 0.25) is 0 Å². The third-order valence-electron chi connectivity index (χ3n) is 3.05. The number of benzene rings is 2. The molecule has 0 spiro atoms. The molecule has 7 heteroatoms. The van der Waals surface area contributed by atoms with Crippen LogP contribution in [0.25, 0.3) is 0 Å². The third-order valence-corrected chi connectivity index (χ3v) is 3.85. The van der Waals surface area contributed by atoms with Crippen LogP contribution in [0.5, 0.6) is 5.75 Å². The van der Waals surface area contributed by atoms with E-state index in [2.05, 4.69) is 21.4 Å². The summed E-state index contributed by atoms with van der Waals surface area (Å²) in [5.41, 5.74) is 3.15. The highest BCUT2D eigenvalue weighted by atomic mass is 79.9. The van der Waals surface area contributed by atoms with Gasteiger partial charge in [-0.3, -0.25) is 5.84 Å². The molecule has 3 N–H and O–H groups in total. The zero-order valence-electron chi connectivity index (χ0n) is 11.0. The van der Waals surface area contributed by atoms with E-state index in [0.717, 1.165) is 6.07 Å². The summed E-state index contributed by atoms with van der Waals surface area (Å²) in [5, 5.41) is 0. The first-order valence-corrected chi connectivity index (χ1v) is 6.71. The van der Waals surface area contributed by atoms with E-state index in [1.54, 1.807) is 0 Å². The van der Waals surface area contributed by atoms with E-state index in [1.165, 1.54) is 31.4 Å². The molecule has 0 radical (unpaired) electrons.